The van der Waals surface area contributed by atoms with E-state index in [1.807, 2.05) is 0 Å². The minimum atomic E-state index is 0.216. The van der Waals surface area contributed by atoms with E-state index < -0.39 is 0 Å². The number of allylic oxidation sites excluding steroid dienone is 1. The van der Waals surface area contributed by atoms with Gasteiger partial charge in [-0.25, -0.2) is 0 Å². The highest BCUT2D eigenvalue weighted by atomic mass is 14.7. The first-order valence-electron chi connectivity index (χ1n) is 9.08. The van der Waals surface area contributed by atoms with Crippen LogP contribution in [0.4, 0.5) is 0 Å². The first-order valence-corrected chi connectivity index (χ1v) is 9.08. The molecule has 1 atom stereocenters. The molecule has 1 aromatic heterocycles. The second-order valence-electron chi connectivity index (χ2n) is 6.95. The summed E-state index contributed by atoms with van der Waals surface area (Å²) in [6.45, 7) is 4.25. The molecule has 0 radical (unpaired) electrons. The molecule has 1 nitrogen and oxygen atoms in total. The molecule has 26 heavy (non-hydrogen) atoms. The number of aryl methyl sites for hydroxylation is 2. The van der Waals surface area contributed by atoms with Crippen LogP contribution in [-0.4, -0.2) is 4.98 Å². The van der Waals surface area contributed by atoms with Crippen molar-refractivity contribution in [2.75, 3.05) is 0 Å². The fraction of sp³-hybridized carbons (Fsp3) is 0.120. The Bertz CT molecular complexity index is 1030. The monoisotopic (exact) mass is 337 g/mol. The number of H-pyrrole nitrogens is 1. The number of aromatic nitrogens is 1. The van der Waals surface area contributed by atoms with Crippen LogP contribution in [-0.2, 0) is 0 Å². The van der Waals surface area contributed by atoms with Gasteiger partial charge in [-0.1, -0.05) is 90.0 Å². The lowest BCUT2D eigenvalue weighted by molar-refractivity contribution is 1.04. The van der Waals surface area contributed by atoms with E-state index in [0.29, 0.717) is 0 Å². The van der Waals surface area contributed by atoms with E-state index in [1.54, 1.807) is 0 Å². The van der Waals surface area contributed by atoms with Crippen LogP contribution in [0, 0.1) is 13.8 Å². The van der Waals surface area contributed by atoms with Crippen molar-refractivity contribution in [3.63, 3.8) is 0 Å². The minimum Gasteiger partial charge on any atom is -0.361 e. The van der Waals surface area contributed by atoms with E-state index in [0.717, 1.165) is 0 Å². The van der Waals surface area contributed by atoms with Crippen LogP contribution in [0.15, 0.2) is 85.1 Å². The van der Waals surface area contributed by atoms with Crippen LogP contribution in [0.2, 0.25) is 0 Å². The second kappa shape index (κ2) is 7.05. The minimum absolute atomic E-state index is 0.216. The summed E-state index contributed by atoms with van der Waals surface area (Å²) in [6, 6.07) is 26.0. The largest absolute Gasteiger partial charge is 0.361 e. The van der Waals surface area contributed by atoms with Gasteiger partial charge in [0.15, 0.2) is 0 Å². The summed E-state index contributed by atoms with van der Waals surface area (Å²) in [4.78, 5) is 3.42. The van der Waals surface area contributed by atoms with E-state index in [9.17, 15) is 0 Å². The highest BCUT2D eigenvalue weighted by Gasteiger charge is 2.15. The lowest BCUT2D eigenvalue weighted by atomic mass is 9.89. The first kappa shape index (κ1) is 16.4. The van der Waals surface area contributed by atoms with Crippen LogP contribution in [0.3, 0.4) is 0 Å². The molecule has 0 aliphatic rings. The molecule has 1 N–H and O–H groups in total. The molecule has 4 rings (SSSR count). The van der Waals surface area contributed by atoms with Gasteiger partial charge >= 0.3 is 0 Å². The van der Waals surface area contributed by atoms with Crippen molar-refractivity contribution in [2.24, 2.45) is 0 Å². The van der Waals surface area contributed by atoms with Crippen LogP contribution in [0.1, 0.15) is 33.7 Å². The molecular formula is C25H23N. The number of benzene rings is 3. The van der Waals surface area contributed by atoms with Gasteiger partial charge in [0.25, 0.3) is 0 Å². The fourth-order valence-electron chi connectivity index (χ4n) is 3.40. The molecule has 0 amide bonds. The predicted octanol–water partition coefficient (Wildman–Crippen LogP) is 6.63. The second-order valence-corrected chi connectivity index (χ2v) is 6.95. The molecule has 3 aromatic carbocycles. The van der Waals surface area contributed by atoms with Crippen molar-refractivity contribution >= 4 is 17.0 Å². The van der Waals surface area contributed by atoms with Crippen molar-refractivity contribution < 1.29 is 0 Å². The van der Waals surface area contributed by atoms with Gasteiger partial charge in [-0.05, 0) is 36.6 Å². The SMILES string of the molecule is Cc1ccc(/C=C/C(c2ccc(C)cc2)c2c[nH]c3ccccc23)cc1. The normalized spacial score (nSPS) is 12.7. The Morgan fingerprint density at radius 3 is 2.15 bits per heavy atom. The molecule has 0 fully saturated rings. The van der Waals surface area contributed by atoms with E-state index in [-0.39, 0.29) is 5.92 Å². The molecule has 1 heterocycles. The molecule has 0 spiro atoms. The quantitative estimate of drug-likeness (QED) is 0.430. The summed E-state index contributed by atoms with van der Waals surface area (Å²) >= 11 is 0. The van der Waals surface area contributed by atoms with E-state index in [4.69, 9.17) is 0 Å². The third-order valence-corrected chi connectivity index (χ3v) is 4.95. The van der Waals surface area contributed by atoms with Crippen molar-refractivity contribution in [1.29, 1.82) is 0 Å². The third-order valence-electron chi connectivity index (χ3n) is 4.95. The fourth-order valence-corrected chi connectivity index (χ4v) is 3.40. The molecule has 1 unspecified atom stereocenters. The number of para-hydroxylation sites is 1. The Hall–Kier alpha value is -3.06. The zero-order valence-electron chi connectivity index (χ0n) is 15.2. The molecule has 0 saturated carbocycles. The van der Waals surface area contributed by atoms with E-state index in [2.05, 4.69) is 110 Å². The average molecular weight is 337 g/mol. The van der Waals surface area contributed by atoms with Gasteiger partial charge in [-0.2, -0.15) is 0 Å². The number of aromatic amines is 1. The maximum atomic E-state index is 3.42. The summed E-state index contributed by atoms with van der Waals surface area (Å²) in [5, 5.41) is 1.28. The number of nitrogens with one attached hydrogen (secondary N) is 1. The predicted molar refractivity (Wildman–Crippen MR) is 112 cm³/mol. The van der Waals surface area contributed by atoms with Gasteiger partial charge in [-0.15, -0.1) is 0 Å². The maximum absolute atomic E-state index is 3.42. The Balaban J connectivity index is 1.79. The molecule has 0 aliphatic carbocycles. The topological polar surface area (TPSA) is 15.8 Å². The van der Waals surface area contributed by atoms with Gasteiger partial charge in [0.1, 0.15) is 0 Å². The summed E-state index contributed by atoms with van der Waals surface area (Å²) in [6.07, 6.45) is 6.69. The lowest BCUT2D eigenvalue weighted by Gasteiger charge is -2.14. The Kier molecular flexibility index (Phi) is 4.45. The number of fused-ring (bicyclic) bond motifs is 1. The zero-order valence-corrected chi connectivity index (χ0v) is 15.2. The van der Waals surface area contributed by atoms with Crippen LogP contribution >= 0.6 is 0 Å². The molecule has 4 aromatic rings. The Morgan fingerprint density at radius 1 is 0.769 bits per heavy atom. The van der Waals surface area contributed by atoms with Crippen LogP contribution in [0.5, 0.6) is 0 Å². The number of hydrogen-bond acceptors (Lipinski definition) is 0. The number of rotatable bonds is 4. The Morgan fingerprint density at radius 2 is 1.42 bits per heavy atom. The molecule has 128 valence electrons. The van der Waals surface area contributed by atoms with Crippen molar-refractivity contribution in [3.8, 4) is 0 Å². The van der Waals surface area contributed by atoms with Crippen molar-refractivity contribution in [2.45, 2.75) is 19.8 Å². The lowest BCUT2D eigenvalue weighted by Crippen LogP contribution is -1.97. The van der Waals surface area contributed by atoms with Crippen LogP contribution in [0.25, 0.3) is 17.0 Å². The summed E-state index contributed by atoms with van der Waals surface area (Å²) in [7, 11) is 0. The van der Waals surface area contributed by atoms with Gasteiger partial charge in [0.2, 0.25) is 0 Å². The van der Waals surface area contributed by atoms with Crippen molar-refractivity contribution in [1.82, 2.24) is 4.98 Å². The van der Waals surface area contributed by atoms with E-state index >= 15 is 0 Å². The molecule has 0 aliphatic heterocycles. The summed E-state index contributed by atoms with van der Waals surface area (Å²) < 4.78 is 0. The van der Waals surface area contributed by atoms with Crippen LogP contribution < -0.4 is 0 Å². The Labute approximate surface area is 155 Å². The zero-order chi connectivity index (χ0) is 17.9. The smallest absolute Gasteiger partial charge is 0.0457 e. The first-order chi connectivity index (χ1) is 12.7. The highest BCUT2D eigenvalue weighted by molar-refractivity contribution is 5.84. The average Bonchev–Trinajstić information content (AvgIpc) is 3.09. The van der Waals surface area contributed by atoms with Crippen molar-refractivity contribution in [3.05, 3.63) is 113 Å². The summed E-state index contributed by atoms with van der Waals surface area (Å²) in [5.41, 5.74) is 7.61. The molecule has 0 saturated heterocycles. The van der Waals surface area contributed by atoms with Gasteiger partial charge in [0.05, 0.1) is 0 Å². The molecular weight excluding hydrogens is 314 g/mol. The number of hydrogen-bond donors (Lipinski definition) is 1. The van der Waals surface area contributed by atoms with Gasteiger partial charge in [-0.3, -0.25) is 0 Å². The summed E-state index contributed by atoms with van der Waals surface area (Å²) in [5.74, 6) is 0.216. The molecule has 1 heteroatoms. The molecule has 0 bridgehead atoms. The van der Waals surface area contributed by atoms with E-state index in [1.165, 1.54) is 38.7 Å². The third kappa shape index (κ3) is 3.34. The maximum Gasteiger partial charge on any atom is 0.0457 e. The highest BCUT2D eigenvalue weighted by Crippen LogP contribution is 2.32. The standard InChI is InChI=1S/C25H23N/c1-18-7-11-20(12-8-18)13-16-22(21-14-9-19(2)10-15-21)24-17-26-25-6-4-3-5-23(24)25/h3-17,22,26H,1-2H3/b16-13+. The van der Waals surface area contributed by atoms with Gasteiger partial charge < -0.3 is 4.98 Å². The van der Waals surface area contributed by atoms with Gasteiger partial charge in [0, 0.05) is 23.0 Å².